The smallest absolute Gasteiger partial charge is 0.244 e. The largest absolute Gasteiger partial charge is 0.348 e. The van der Waals surface area contributed by atoms with Crippen LogP contribution in [0.15, 0.2) is 36.7 Å². The monoisotopic (exact) mass is 295 g/mol. The first-order valence-electron chi connectivity index (χ1n) is 5.54. The number of rotatable bonds is 4. The van der Waals surface area contributed by atoms with Gasteiger partial charge >= 0.3 is 0 Å². The molecule has 1 heterocycles. The Morgan fingerprint density at radius 1 is 1.42 bits per heavy atom. The van der Waals surface area contributed by atoms with E-state index in [-0.39, 0.29) is 5.91 Å². The Labute approximate surface area is 120 Å². The van der Waals surface area contributed by atoms with Crippen molar-refractivity contribution in [2.24, 2.45) is 0 Å². The summed E-state index contributed by atoms with van der Waals surface area (Å²) < 4.78 is 0. The zero-order valence-corrected chi connectivity index (χ0v) is 11.4. The normalized spacial score (nSPS) is 10.8. The summed E-state index contributed by atoms with van der Waals surface area (Å²) in [6.07, 6.45) is 6.41. The van der Waals surface area contributed by atoms with Gasteiger partial charge in [-0.25, -0.2) is 0 Å². The molecule has 19 heavy (non-hydrogen) atoms. The SMILES string of the molecule is O=C(/C=C/c1cc(Cl)ccc1Cl)NCc1cn[nH]c1. The maximum Gasteiger partial charge on any atom is 0.244 e. The number of amides is 1. The van der Waals surface area contributed by atoms with E-state index in [1.165, 1.54) is 6.08 Å². The van der Waals surface area contributed by atoms with Crippen molar-refractivity contribution in [3.05, 3.63) is 57.8 Å². The minimum Gasteiger partial charge on any atom is -0.348 e. The van der Waals surface area contributed by atoms with Gasteiger partial charge < -0.3 is 5.32 Å². The van der Waals surface area contributed by atoms with Crippen LogP contribution in [-0.4, -0.2) is 16.1 Å². The lowest BCUT2D eigenvalue weighted by Crippen LogP contribution is -2.19. The average molecular weight is 296 g/mol. The molecule has 0 saturated carbocycles. The second kappa shape index (κ2) is 6.41. The molecule has 2 rings (SSSR count). The fourth-order valence-electron chi connectivity index (χ4n) is 1.43. The Morgan fingerprint density at radius 3 is 3.00 bits per heavy atom. The molecule has 0 aliphatic carbocycles. The molecule has 0 spiro atoms. The molecule has 0 aliphatic rings. The molecule has 4 nitrogen and oxygen atoms in total. The molecular formula is C13H11Cl2N3O. The number of hydrogen-bond donors (Lipinski definition) is 2. The minimum atomic E-state index is -0.211. The number of benzene rings is 1. The highest BCUT2D eigenvalue weighted by Gasteiger charge is 2.00. The van der Waals surface area contributed by atoms with Crippen molar-refractivity contribution in [1.29, 1.82) is 0 Å². The van der Waals surface area contributed by atoms with Crippen molar-refractivity contribution in [2.45, 2.75) is 6.54 Å². The molecule has 2 aromatic rings. The third kappa shape index (κ3) is 4.12. The van der Waals surface area contributed by atoms with Crippen LogP contribution in [0.25, 0.3) is 6.08 Å². The van der Waals surface area contributed by atoms with Crippen molar-refractivity contribution in [3.63, 3.8) is 0 Å². The number of carbonyl (C=O) groups excluding carboxylic acids is 1. The lowest BCUT2D eigenvalue weighted by Gasteiger charge is -2.00. The van der Waals surface area contributed by atoms with Crippen LogP contribution in [0.5, 0.6) is 0 Å². The number of aromatic nitrogens is 2. The van der Waals surface area contributed by atoms with Crippen LogP contribution in [0.3, 0.4) is 0 Å². The quantitative estimate of drug-likeness (QED) is 0.852. The third-order valence-corrected chi connectivity index (χ3v) is 2.97. The molecule has 1 aromatic carbocycles. The van der Waals surface area contributed by atoms with E-state index < -0.39 is 0 Å². The summed E-state index contributed by atoms with van der Waals surface area (Å²) in [6, 6.07) is 5.08. The van der Waals surface area contributed by atoms with Crippen molar-refractivity contribution in [3.8, 4) is 0 Å². The summed E-state index contributed by atoms with van der Waals surface area (Å²) in [7, 11) is 0. The zero-order valence-electron chi connectivity index (χ0n) is 9.86. The van der Waals surface area contributed by atoms with E-state index in [1.807, 2.05) is 0 Å². The number of H-pyrrole nitrogens is 1. The van der Waals surface area contributed by atoms with Gasteiger partial charge in [0.05, 0.1) is 6.20 Å². The maximum absolute atomic E-state index is 11.6. The summed E-state index contributed by atoms with van der Waals surface area (Å²) in [5.74, 6) is -0.211. The van der Waals surface area contributed by atoms with Crippen LogP contribution >= 0.6 is 23.2 Å². The van der Waals surface area contributed by atoms with Crippen LogP contribution in [0.1, 0.15) is 11.1 Å². The summed E-state index contributed by atoms with van der Waals surface area (Å²) >= 11 is 11.8. The maximum atomic E-state index is 11.6. The van der Waals surface area contributed by atoms with Crippen LogP contribution in [0.4, 0.5) is 0 Å². The first-order chi connectivity index (χ1) is 9.15. The Balaban J connectivity index is 1.94. The highest BCUT2D eigenvalue weighted by Crippen LogP contribution is 2.21. The molecule has 1 aromatic heterocycles. The lowest BCUT2D eigenvalue weighted by atomic mass is 10.2. The Morgan fingerprint density at radius 2 is 2.26 bits per heavy atom. The van der Waals surface area contributed by atoms with Gasteiger partial charge in [0.1, 0.15) is 0 Å². The van der Waals surface area contributed by atoms with E-state index in [0.717, 1.165) is 5.56 Å². The summed E-state index contributed by atoms with van der Waals surface area (Å²) in [6.45, 7) is 0.420. The first-order valence-corrected chi connectivity index (χ1v) is 6.29. The molecule has 98 valence electrons. The van der Waals surface area contributed by atoms with E-state index in [1.54, 1.807) is 36.7 Å². The Hall–Kier alpha value is -1.78. The second-order valence-corrected chi connectivity index (χ2v) is 4.67. The van der Waals surface area contributed by atoms with Gasteiger partial charge in [-0.1, -0.05) is 23.2 Å². The summed E-state index contributed by atoms with van der Waals surface area (Å²) in [5, 5.41) is 10.3. The zero-order chi connectivity index (χ0) is 13.7. The van der Waals surface area contributed by atoms with Gasteiger partial charge in [-0.2, -0.15) is 5.10 Å². The minimum absolute atomic E-state index is 0.211. The molecule has 6 heteroatoms. The predicted molar refractivity (Wildman–Crippen MR) is 75.9 cm³/mol. The molecular weight excluding hydrogens is 285 g/mol. The van der Waals surface area contributed by atoms with Crippen molar-refractivity contribution in [2.75, 3.05) is 0 Å². The van der Waals surface area contributed by atoms with Gasteiger partial charge in [0.15, 0.2) is 0 Å². The van der Waals surface area contributed by atoms with Crippen molar-refractivity contribution >= 4 is 35.2 Å². The highest BCUT2D eigenvalue weighted by molar-refractivity contribution is 6.34. The Kier molecular flexibility index (Phi) is 4.60. The van der Waals surface area contributed by atoms with Crippen LogP contribution in [-0.2, 0) is 11.3 Å². The van der Waals surface area contributed by atoms with Crippen molar-refractivity contribution in [1.82, 2.24) is 15.5 Å². The number of hydrogen-bond acceptors (Lipinski definition) is 2. The Bertz CT molecular complexity index is 594. The number of nitrogens with one attached hydrogen (secondary N) is 2. The molecule has 0 radical (unpaired) electrons. The van der Waals surface area contributed by atoms with E-state index in [2.05, 4.69) is 15.5 Å². The number of aromatic amines is 1. The van der Waals surface area contributed by atoms with Crippen LogP contribution in [0.2, 0.25) is 10.0 Å². The van der Waals surface area contributed by atoms with Gasteiger partial charge in [0.2, 0.25) is 5.91 Å². The van der Waals surface area contributed by atoms with E-state index in [0.29, 0.717) is 22.2 Å². The van der Waals surface area contributed by atoms with Crippen LogP contribution < -0.4 is 5.32 Å². The standard InChI is InChI=1S/C13H11Cl2N3O/c14-11-2-3-12(15)10(5-11)1-4-13(19)16-6-9-7-17-18-8-9/h1-5,7-8H,6H2,(H,16,19)(H,17,18)/b4-1+. The van der Waals surface area contributed by atoms with E-state index in [4.69, 9.17) is 23.2 Å². The summed E-state index contributed by atoms with van der Waals surface area (Å²) in [4.78, 5) is 11.6. The number of halogens is 2. The lowest BCUT2D eigenvalue weighted by molar-refractivity contribution is -0.116. The van der Waals surface area contributed by atoms with Gasteiger partial charge in [-0.15, -0.1) is 0 Å². The number of nitrogens with zero attached hydrogens (tertiary/aromatic N) is 1. The third-order valence-electron chi connectivity index (χ3n) is 2.39. The van der Waals surface area contributed by atoms with Gasteiger partial charge in [0, 0.05) is 34.4 Å². The topological polar surface area (TPSA) is 57.8 Å². The van der Waals surface area contributed by atoms with E-state index in [9.17, 15) is 4.79 Å². The average Bonchev–Trinajstić information content (AvgIpc) is 2.90. The highest BCUT2D eigenvalue weighted by atomic mass is 35.5. The predicted octanol–water partition coefficient (Wildman–Crippen LogP) is 3.05. The second-order valence-electron chi connectivity index (χ2n) is 3.82. The number of carbonyl (C=O) groups is 1. The van der Waals surface area contributed by atoms with Gasteiger partial charge in [-0.3, -0.25) is 9.89 Å². The molecule has 0 aliphatic heterocycles. The fourth-order valence-corrected chi connectivity index (χ4v) is 1.79. The van der Waals surface area contributed by atoms with Crippen molar-refractivity contribution < 1.29 is 4.79 Å². The summed E-state index contributed by atoms with van der Waals surface area (Å²) in [5.41, 5.74) is 1.61. The van der Waals surface area contributed by atoms with Gasteiger partial charge in [0.25, 0.3) is 0 Å². The van der Waals surface area contributed by atoms with Crippen LogP contribution in [0, 0.1) is 0 Å². The molecule has 1 amide bonds. The van der Waals surface area contributed by atoms with Gasteiger partial charge in [-0.05, 0) is 29.8 Å². The molecule has 0 bridgehead atoms. The fraction of sp³-hybridized carbons (Fsp3) is 0.0769. The molecule has 0 unspecified atom stereocenters. The molecule has 0 atom stereocenters. The van der Waals surface area contributed by atoms with E-state index >= 15 is 0 Å². The molecule has 2 N–H and O–H groups in total. The molecule has 0 saturated heterocycles. The molecule has 0 fully saturated rings. The first kappa shape index (κ1) is 13.6.